The van der Waals surface area contributed by atoms with Crippen LogP contribution in [0.1, 0.15) is 32.6 Å². The van der Waals surface area contributed by atoms with E-state index in [1.54, 1.807) is 0 Å². The summed E-state index contributed by atoms with van der Waals surface area (Å²) in [6.07, 6.45) is 4.44. The summed E-state index contributed by atoms with van der Waals surface area (Å²) in [6, 6.07) is 0.395. The predicted molar refractivity (Wildman–Crippen MR) is 71.4 cm³/mol. The summed E-state index contributed by atoms with van der Waals surface area (Å²) < 4.78 is 5.44. The lowest BCUT2D eigenvalue weighted by molar-refractivity contribution is -0.145. The van der Waals surface area contributed by atoms with E-state index in [1.165, 1.54) is 6.42 Å². The zero-order valence-corrected chi connectivity index (χ0v) is 11.7. The summed E-state index contributed by atoms with van der Waals surface area (Å²) in [5.74, 6) is 0.908. The van der Waals surface area contributed by atoms with E-state index in [0.717, 1.165) is 45.6 Å². The molecule has 0 aromatic heterocycles. The van der Waals surface area contributed by atoms with E-state index in [9.17, 15) is 4.79 Å². The third-order valence-electron chi connectivity index (χ3n) is 4.31. The molecule has 1 amide bonds. The fraction of sp³-hybridized carbons (Fsp3) is 0.929. The number of rotatable bonds is 3. The first-order chi connectivity index (χ1) is 8.74. The molecule has 1 N–H and O–H groups in total. The number of carbonyl (C=O) groups excluding carboxylic acids is 1. The molecule has 0 spiro atoms. The van der Waals surface area contributed by atoms with Gasteiger partial charge in [-0.3, -0.25) is 4.79 Å². The number of likely N-dealkylation sites (tertiary alicyclic amines) is 1. The van der Waals surface area contributed by atoms with Gasteiger partial charge in [0.15, 0.2) is 0 Å². The first kappa shape index (κ1) is 13.8. The van der Waals surface area contributed by atoms with Crippen LogP contribution in [-0.2, 0) is 9.53 Å². The van der Waals surface area contributed by atoms with Crippen LogP contribution in [0.5, 0.6) is 0 Å². The number of hydrogen-bond donors (Lipinski definition) is 1. The Morgan fingerprint density at radius 2 is 2.22 bits per heavy atom. The molecule has 2 saturated heterocycles. The molecule has 4 heteroatoms. The van der Waals surface area contributed by atoms with Crippen LogP contribution in [0.4, 0.5) is 0 Å². The van der Waals surface area contributed by atoms with E-state index in [-0.39, 0.29) is 5.92 Å². The van der Waals surface area contributed by atoms with E-state index < -0.39 is 0 Å². The molecule has 3 unspecified atom stereocenters. The van der Waals surface area contributed by atoms with Gasteiger partial charge in [0.1, 0.15) is 0 Å². The van der Waals surface area contributed by atoms with Crippen LogP contribution in [0.25, 0.3) is 0 Å². The Bertz CT molecular complexity index is 281. The van der Waals surface area contributed by atoms with E-state index in [4.69, 9.17) is 4.74 Å². The molecular weight excluding hydrogens is 228 g/mol. The number of amides is 1. The quantitative estimate of drug-likeness (QED) is 0.824. The van der Waals surface area contributed by atoms with E-state index in [0.29, 0.717) is 17.9 Å². The molecule has 0 bridgehead atoms. The van der Waals surface area contributed by atoms with E-state index >= 15 is 0 Å². The van der Waals surface area contributed by atoms with Crippen LogP contribution in [0.3, 0.4) is 0 Å². The first-order valence-corrected chi connectivity index (χ1v) is 7.27. The Labute approximate surface area is 110 Å². The third-order valence-corrected chi connectivity index (χ3v) is 4.31. The van der Waals surface area contributed by atoms with Crippen molar-refractivity contribution in [2.45, 2.75) is 38.6 Å². The number of carbonyl (C=O) groups is 1. The monoisotopic (exact) mass is 254 g/mol. The van der Waals surface area contributed by atoms with E-state index in [1.807, 2.05) is 7.05 Å². The summed E-state index contributed by atoms with van der Waals surface area (Å²) in [4.78, 5) is 14.8. The Hall–Kier alpha value is -0.610. The van der Waals surface area contributed by atoms with Gasteiger partial charge in [0, 0.05) is 38.3 Å². The highest BCUT2D eigenvalue weighted by atomic mass is 16.5. The molecule has 2 rings (SSSR count). The summed E-state index contributed by atoms with van der Waals surface area (Å²) in [5.41, 5.74) is 0. The lowest BCUT2D eigenvalue weighted by Crippen LogP contribution is -2.52. The summed E-state index contributed by atoms with van der Waals surface area (Å²) >= 11 is 0. The summed E-state index contributed by atoms with van der Waals surface area (Å²) in [6.45, 7) is 5.48. The Balaban J connectivity index is 2.00. The van der Waals surface area contributed by atoms with Gasteiger partial charge < -0.3 is 15.0 Å². The third kappa shape index (κ3) is 3.04. The Morgan fingerprint density at radius 1 is 1.39 bits per heavy atom. The van der Waals surface area contributed by atoms with Crippen molar-refractivity contribution in [1.82, 2.24) is 10.2 Å². The summed E-state index contributed by atoms with van der Waals surface area (Å²) in [7, 11) is 1.97. The molecule has 18 heavy (non-hydrogen) atoms. The number of nitrogens with zero attached hydrogens (tertiary/aromatic N) is 1. The summed E-state index contributed by atoms with van der Waals surface area (Å²) in [5, 5.41) is 3.22. The molecule has 0 aromatic carbocycles. The highest BCUT2D eigenvalue weighted by Crippen LogP contribution is 2.27. The highest BCUT2D eigenvalue weighted by Gasteiger charge is 2.35. The first-order valence-electron chi connectivity index (χ1n) is 7.27. The molecular formula is C14H26N2O2. The van der Waals surface area contributed by atoms with Crippen LogP contribution in [0.2, 0.25) is 0 Å². The van der Waals surface area contributed by atoms with Gasteiger partial charge in [-0.15, -0.1) is 0 Å². The van der Waals surface area contributed by atoms with Crippen molar-refractivity contribution in [2.75, 3.05) is 33.4 Å². The molecule has 0 saturated carbocycles. The fourth-order valence-corrected chi connectivity index (χ4v) is 3.20. The van der Waals surface area contributed by atoms with E-state index in [2.05, 4.69) is 17.1 Å². The lowest BCUT2D eigenvalue weighted by atomic mass is 9.87. The second kappa shape index (κ2) is 6.53. The van der Waals surface area contributed by atoms with Crippen molar-refractivity contribution in [3.8, 4) is 0 Å². The van der Waals surface area contributed by atoms with Crippen LogP contribution in [-0.4, -0.2) is 50.2 Å². The van der Waals surface area contributed by atoms with Crippen molar-refractivity contribution in [3.63, 3.8) is 0 Å². The van der Waals surface area contributed by atoms with Crippen molar-refractivity contribution in [1.29, 1.82) is 0 Å². The van der Waals surface area contributed by atoms with Crippen LogP contribution < -0.4 is 5.32 Å². The topological polar surface area (TPSA) is 41.6 Å². The molecule has 3 atom stereocenters. The molecule has 4 nitrogen and oxygen atoms in total. The minimum absolute atomic E-state index is 0.177. The Morgan fingerprint density at radius 3 is 2.94 bits per heavy atom. The van der Waals surface area contributed by atoms with Gasteiger partial charge in [-0.25, -0.2) is 0 Å². The van der Waals surface area contributed by atoms with Crippen molar-refractivity contribution >= 4 is 5.91 Å². The standard InChI is InChI=1S/C14H26N2O2/c1-11-10-18-8-6-13(11)14(17)16-7-4-3-5-12(16)9-15-2/h11-13,15H,3-10H2,1-2H3. The van der Waals surface area contributed by atoms with Crippen LogP contribution >= 0.6 is 0 Å². The second-order valence-electron chi connectivity index (χ2n) is 5.69. The van der Waals surface area contributed by atoms with Crippen molar-refractivity contribution in [3.05, 3.63) is 0 Å². The van der Waals surface area contributed by atoms with Crippen LogP contribution in [0.15, 0.2) is 0 Å². The van der Waals surface area contributed by atoms with Gasteiger partial charge in [0.05, 0.1) is 0 Å². The van der Waals surface area contributed by atoms with Crippen molar-refractivity contribution in [2.24, 2.45) is 11.8 Å². The largest absolute Gasteiger partial charge is 0.381 e. The van der Waals surface area contributed by atoms with Gasteiger partial charge >= 0.3 is 0 Å². The number of ether oxygens (including phenoxy) is 1. The second-order valence-corrected chi connectivity index (χ2v) is 5.69. The predicted octanol–water partition coefficient (Wildman–Crippen LogP) is 1.26. The molecule has 0 aromatic rings. The zero-order chi connectivity index (χ0) is 13.0. The lowest BCUT2D eigenvalue weighted by Gasteiger charge is -2.40. The van der Waals surface area contributed by atoms with Crippen LogP contribution in [0, 0.1) is 11.8 Å². The SMILES string of the molecule is CNCC1CCCCN1C(=O)C1CCOCC1C. The van der Waals surface area contributed by atoms with Gasteiger partial charge in [-0.1, -0.05) is 6.92 Å². The van der Waals surface area contributed by atoms with Crippen molar-refractivity contribution < 1.29 is 9.53 Å². The molecule has 2 aliphatic rings. The number of piperidine rings is 1. The molecule has 0 radical (unpaired) electrons. The average Bonchev–Trinajstić information content (AvgIpc) is 2.40. The average molecular weight is 254 g/mol. The number of nitrogens with one attached hydrogen (secondary N) is 1. The number of hydrogen-bond acceptors (Lipinski definition) is 3. The molecule has 104 valence electrons. The molecule has 2 heterocycles. The van der Waals surface area contributed by atoms with Gasteiger partial charge in [0.2, 0.25) is 5.91 Å². The van der Waals surface area contributed by atoms with Gasteiger partial charge in [0.25, 0.3) is 0 Å². The normalized spacial score (nSPS) is 33.4. The molecule has 2 aliphatic heterocycles. The van der Waals surface area contributed by atoms with Gasteiger partial charge in [-0.2, -0.15) is 0 Å². The Kier molecular flexibility index (Phi) is 5.01. The maximum absolute atomic E-state index is 12.7. The fourth-order valence-electron chi connectivity index (χ4n) is 3.20. The molecule has 2 fully saturated rings. The van der Waals surface area contributed by atoms with Gasteiger partial charge in [-0.05, 0) is 38.6 Å². The number of likely N-dealkylation sites (N-methyl/N-ethyl adjacent to an activating group) is 1. The highest BCUT2D eigenvalue weighted by molar-refractivity contribution is 5.79. The smallest absolute Gasteiger partial charge is 0.226 e. The maximum Gasteiger partial charge on any atom is 0.226 e. The minimum atomic E-state index is 0.177. The zero-order valence-electron chi connectivity index (χ0n) is 11.7. The maximum atomic E-state index is 12.7. The molecule has 0 aliphatic carbocycles. The minimum Gasteiger partial charge on any atom is -0.381 e.